The summed E-state index contributed by atoms with van der Waals surface area (Å²) in [4.78, 5) is 48.6. The van der Waals surface area contributed by atoms with Crippen molar-refractivity contribution in [3.05, 3.63) is 76.1 Å². The third-order valence-electron chi connectivity index (χ3n) is 5.70. The Kier molecular flexibility index (Phi) is 7.44. The van der Waals surface area contributed by atoms with Crippen molar-refractivity contribution in [3.63, 3.8) is 0 Å². The summed E-state index contributed by atoms with van der Waals surface area (Å²) in [6.07, 6.45) is 4.81. The zero-order chi connectivity index (χ0) is 25.8. The molecule has 4 rings (SSSR count). The summed E-state index contributed by atoms with van der Waals surface area (Å²) in [5.41, 5.74) is 1.16. The van der Waals surface area contributed by atoms with Crippen molar-refractivity contribution in [2.75, 3.05) is 18.6 Å². The van der Waals surface area contributed by atoms with Crippen LogP contribution in [0.5, 0.6) is 5.75 Å². The lowest BCUT2D eigenvalue weighted by molar-refractivity contribution is -0.132. The van der Waals surface area contributed by atoms with Gasteiger partial charge >= 0.3 is 11.9 Å². The van der Waals surface area contributed by atoms with Crippen molar-refractivity contribution in [1.82, 2.24) is 9.97 Å². The normalized spacial score (nSPS) is 16.9. The number of carbonyl (C=O) groups excluding carboxylic acids is 3. The number of rotatable bonds is 8. The molecule has 36 heavy (non-hydrogen) atoms. The van der Waals surface area contributed by atoms with Gasteiger partial charge in [0.2, 0.25) is 0 Å². The third-order valence-corrected chi connectivity index (χ3v) is 6.84. The van der Waals surface area contributed by atoms with Crippen LogP contribution in [-0.4, -0.2) is 46.5 Å². The number of methoxy groups -OCH3 is 1. The summed E-state index contributed by atoms with van der Waals surface area (Å²) >= 11 is 0.946. The maximum atomic E-state index is 13.3. The van der Waals surface area contributed by atoms with Gasteiger partial charge in [-0.2, -0.15) is 0 Å². The van der Waals surface area contributed by atoms with Crippen LogP contribution in [0, 0.1) is 6.92 Å². The SMILES string of the molecule is CCCCOc1cccc(C2/C(=C(\O)c3ccncc3)C(=O)C(=O)N2c2nc(C)c(C(=O)OC)s2)c1. The summed E-state index contributed by atoms with van der Waals surface area (Å²) < 4.78 is 10.7. The van der Waals surface area contributed by atoms with Gasteiger partial charge in [-0.15, -0.1) is 0 Å². The molecule has 0 bridgehead atoms. The van der Waals surface area contributed by atoms with Gasteiger partial charge in [0, 0.05) is 18.0 Å². The van der Waals surface area contributed by atoms with E-state index in [0.717, 1.165) is 24.2 Å². The van der Waals surface area contributed by atoms with E-state index in [9.17, 15) is 19.5 Å². The van der Waals surface area contributed by atoms with Crippen molar-refractivity contribution in [2.24, 2.45) is 0 Å². The number of nitrogens with zero attached hydrogens (tertiary/aromatic N) is 3. The van der Waals surface area contributed by atoms with Crippen molar-refractivity contribution in [3.8, 4) is 5.75 Å². The molecule has 9 nitrogen and oxygen atoms in total. The van der Waals surface area contributed by atoms with Crippen LogP contribution < -0.4 is 9.64 Å². The number of hydrogen-bond acceptors (Lipinski definition) is 9. The summed E-state index contributed by atoms with van der Waals surface area (Å²) in [6, 6.07) is 9.13. The van der Waals surface area contributed by atoms with E-state index in [1.807, 2.05) is 0 Å². The molecule has 3 heterocycles. The van der Waals surface area contributed by atoms with E-state index in [2.05, 4.69) is 16.9 Å². The molecule has 3 aromatic rings. The number of anilines is 1. The Morgan fingerprint density at radius 1 is 1.19 bits per heavy atom. The van der Waals surface area contributed by atoms with E-state index in [1.165, 1.54) is 24.4 Å². The largest absolute Gasteiger partial charge is 0.507 e. The Morgan fingerprint density at radius 2 is 1.94 bits per heavy atom. The molecule has 1 atom stereocenters. The van der Waals surface area contributed by atoms with Crippen LogP contribution in [0.1, 0.15) is 52.3 Å². The topological polar surface area (TPSA) is 119 Å². The van der Waals surface area contributed by atoms with E-state index < -0.39 is 23.7 Å². The first kappa shape index (κ1) is 25.1. The lowest BCUT2D eigenvalue weighted by Crippen LogP contribution is -2.29. The number of ether oxygens (including phenoxy) is 2. The predicted molar refractivity (Wildman–Crippen MR) is 134 cm³/mol. The Labute approximate surface area is 212 Å². The predicted octanol–water partition coefficient (Wildman–Crippen LogP) is 4.44. The minimum absolute atomic E-state index is 0.0932. The fraction of sp³-hybridized carbons (Fsp3) is 0.269. The van der Waals surface area contributed by atoms with Crippen LogP contribution >= 0.6 is 11.3 Å². The molecule has 0 spiro atoms. The lowest BCUT2D eigenvalue weighted by Gasteiger charge is -2.23. The highest BCUT2D eigenvalue weighted by Crippen LogP contribution is 2.44. The van der Waals surface area contributed by atoms with Crippen LogP contribution in [0.4, 0.5) is 5.13 Å². The summed E-state index contributed by atoms with van der Waals surface area (Å²) in [5, 5.41) is 11.3. The standard InChI is InChI=1S/C26H25N3O6S/c1-4-5-13-35-18-8-6-7-17(14-18)20-19(21(30)16-9-11-27-12-10-16)22(31)24(32)29(20)26-28-15(2)23(36-26)25(33)34-3/h6-12,14,20,30H,4-5,13H2,1-3H3/b21-19+. The molecular formula is C26H25N3O6S. The first-order chi connectivity index (χ1) is 17.4. The molecule has 0 aliphatic carbocycles. The van der Waals surface area contributed by atoms with Gasteiger partial charge in [0.1, 0.15) is 16.4 Å². The molecule has 0 radical (unpaired) electrons. The molecular weight excluding hydrogens is 482 g/mol. The number of thiazole rings is 1. The van der Waals surface area contributed by atoms with E-state index in [0.29, 0.717) is 29.2 Å². The first-order valence-electron chi connectivity index (χ1n) is 11.4. The van der Waals surface area contributed by atoms with Crippen molar-refractivity contribution >= 4 is 39.9 Å². The zero-order valence-corrected chi connectivity index (χ0v) is 20.9. The van der Waals surface area contributed by atoms with Gasteiger partial charge in [0.15, 0.2) is 5.13 Å². The van der Waals surface area contributed by atoms with Crippen LogP contribution in [0.15, 0.2) is 54.4 Å². The van der Waals surface area contributed by atoms with Crippen LogP contribution in [0.3, 0.4) is 0 Å². The number of Topliss-reactive ketones (excluding diaryl/α,β-unsaturated/α-hetero) is 1. The van der Waals surface area contributed by atoms with Gasteiger partial charge in [0.25, 0.3) is 5.78 Å². The molecule has 1 aromatic carbocycles. The first-order valence-corrected chi connectivity index (χ1v) is 12.2. The fourth-order valence-electron chi connectivity index (χ4n) is 3.89. The Morgan fingerprint density at radius 3 is 2.64 bits per heavy atom. The molecule has 2 aromatic heterocycles. The van der Waals surface area contributed by atoms with Crippen molar-refractivity contribution in [1.29, 1.82) is 0 Å². The maximum Gasteiger partial charge on any atom is 0.350 e. The molecule has 0 saturated carbocycles. The molecule has 1 saturated heterocycles. The fourth-order valence-corrected chi connectivity index (χ4v) is 4.90. The van der Waals surface area contributed by atoms with E-state index in [1.54, 1.807) is 43.3 Å². The molecule has 1 aliphatic rings. The number of aryl methyl sites for hydroxylation is 1. The Hall–Kier alpha value is -4.05. The highest BCUT2D eigenvalue weighted by Gasteiger charge is 2.48. The van der Waals surface area contributed by atoms with Crippen LogP contribution in [0.25, 0.3) is 5.76 Å². The quantitative estimate of drug-likeness (QED) is 0.156. The van der Waals surface area contributed by atoms with Crippen molar-refractivity contribution < 1.29 is 29.0 Å². The Balaban J connectivity index is 1.88. The van der Waals surface area contributed by atoms with Gasteiger partial charge in [-0.05, 0) is 43.2 Å². The maximum absolute atomic E-state index is 13.3. The third kappa shape index (κ3) is 4.72. The van der Waals surface area contributed by atoms with Gasteiger partial charge in [0.05, 0.1) is 31.0 Å². The molecule has 1 N–H and O–H groups in total. The number of ketones is 1. The molecule has 10 heteroatoms. The second-order valence-electron chi connectivity index (χ2n) is 8.08. The van der Waals surface area contributed by atoms with Gasteiger partial charge in [-0.3, -0.25) is 19.5 Å². The highest BCUT2D eigenvalue weighted by molar-refractivity contribution is 7.17. The lowest BCUT2D eigenvalue weighted by atomic mass is 9.95. The van der Waals surface area contributed by atoms with Crippen molar-refractivity contribution in [2.45, 2.75) is 32.7 Å². The van der Waals surface area contributed by atoms with E-state index >= 15 is 0 Å². The number of esters is 1. The van der Waals surface area contributed by atoms with Crippen LogP contribution in [-0.2, 0) is 14.3 Å². The number of benzene rings is 1. The van der Waals surface area contributed by atoms with E-state index in [4.69, 9.17) is 9.47 Å². The zero-order valence-electron chi connectivity index (χ0n) is 20.1. The van der Waals surface area contributed by atoms with Gasteiger partial charge < -0.3 is 14.6 Å². The minimum Gasteiger partial charge on any atom is -0.507 e. The average Bonchev–Trinajstić information content (AvgIpc) is 3.40. The van der Waals surface area contributed by atoms with Gasteiger partial charge in [-0.1, -0.05) is 36.8 Å². The average molecular weight is 508 g/mol. The second-order valence-corrected chi connectivity index (χ2v) is 9.06. The number of aromatic nitrogens is 2. The number of carbonyl (C=O) groups is 3. The van der Waals surface area contributed by atoms with Gasteiger partial charge in [-0.25, -0.2) is 9.78 Å². The monoisotopic (exact) mass is 507 g/mol. The summed E-state index contributed by atoms with van der Waals surface area (Å²) in [6.45, 7) is 4.20. The summed E-state index contributed by atoms with van der Waals surface area (Å²) in [7, 11) is 1.26. The molecule has 1 unspecified atom stereocenters. The molecule has 1 aliphatic heterocycles. The number of unbranched alkanes of at least 4 members (excludes halogenated alkanes) is 1. The minimum atomic E-state index is -0.996. The number of aliphatic hydroxyl groups is 1. The molecule has 1 amide bonds. The second kappa shape index (κ2) is 10.7. The number of amides is 1. The number of aliphatic hydroxyl groups excluding tert-OH is 1. The van der Waals surface area contributed by atoms with E-state index in [-0.39, 0.29) is 21.3 Å². The number of hydrogen-bond donors (Lipinski definition) is 1. The number of pyridine rings is 1. The smallest absolute Gasteiger partial charge is 0.350 e. The summed E-state index contributed by atoms with van der Waals surface area (Å²) in [5.74, 6) is -2.08. The highest BCUT2D eigenvalue weighted by atomic mass is 32.1. The molecule has 186 valence electrons. The Bertz CT molecular complexity index is 1330. The molecule has 1 fully saturated rings. The van der Waals surface area contributed by atoms with Crippen LogP contribution in [0.2, 0.25) is 0 Å².